The summed E-state index contributed by atoms with van der Waals surface area (Å²) in [6.07, 6.45) is -0.751. The predicted molar refractivity (Wildman–Crippen MR) is 91.1 cm³/mol. The van der Waals surface area contributed by atoms with Gasteiger partial charge in [-0.1, -0.05) is 30.3 Å². The van der Waals surface area contributed by atoms with Gasteiger partial charge in [-0.15, -0.1) is 0 Å². The lowest BCUT2D eigenvalue weighted by atomic mass is 10.2. The third-order valence-corrected chi connectivity index (χ3v) is 3.73. The van der Waals surface area contributed by atoms with Gasteiger partial charge in [0.15, 0.2) is 5.75 Å². The van der Waals surface area contributed by atoms with Crippen LogP contribution in [0.4, 0.5) is 16.2 Å². The van der Waals surface area contributed by atoms with Gasteiger partial charge in [-0.25, -0.2) is 4.79 Å². The van der Waals surface area contributed by atoms with Crippen LogP contribution in [0.2, 0.25) is 0 Å². The molecule has 0 unspecified atom stereocenters. The maximum atomic E-state index is 12.0. The number of ether oxygens (including phenoxy) is 3. The highest BCUT2D eigenvalue weighted by Crippen LogP contribution is 2.31. The molecular weight excluding hydrogens is 308 g/mol. The Kier molecular flexibility index (Phi) is 5.18. The van der Waals surface area contributed by atoms with E-state index >= 15 is 0 Å². The van der Waals surface area contributed by atoms with Crippen LogP contribution < -0.4 is 15.4 Å². The standard InChI is InChI=1S/C18H20N2O4/c19-15-6-7-16(20-8-10-22-11-9-20)17(12-15)24-18(21)23-13-14-4-2-1-3-5-14/h1-7,12H,8-11,13,19H2. The molecule has 2 N–H and O–H groups in total. The summed E-state index contributed by atoms with van der Waals surface area (Å²) in [5.74, 6) is 0.398. The number of carbonyl (C=O) groups is 1. The van der Waals surface area contributed by atoms with E-state index in [4.69, 9.17) is 19.9 Å². The van der Waals surface area contributed by atoms with Crippen molar-refractivity contribution in [2.24, 2.45) is 0 Å². The molecule has 6 heteroatoms. The van der Waals surface area contributed by atoms with Crippen LogP contribution in [0.15, 0.2) is 48.5 Å². The van der Waals surface area contributed by atoms with Crippen molar-refractivity contribution < 1.29 is 19.0 Å². The number of nitrogens with two attached hydrogens (primary N) is 1. The van der Waals surface area contributed by atoms with E-state index in [9.17, 15) is 4.79 Å². The Labute approximate surface area is 140 Å². The van der Waals surface area contributed by atoms with Crippen LogP contribution in [-0.2, 0) is 16.1 Å². The lowest BCUT2D eigenvalue weighted by Gasteiger charge is -2.30. The van der Waals surface area contributed by atoms with Crippen LogP contribution in [0.25, 0.3) is 0 Å². The fourth-order valence-electron chi connectivity index (χ4n) is 2.51. The Bertz CT molecular complexity index is 685. The summed E-state index contributed by atoms with van der Waals surface area (Å²) in [5, 5.41) is 0. The second-order valence-corrected chi connectivity index (χ2v) is 5.45. The van der Waals surface area contributed by atoms with E-state index < -0.39 is 6.16 Å². The van der Waals surface area contributed by atoms with Crippen LogP contribution >= 0.6 is 0 Å². The Morgan fingerprint density at radius 1 is 1.12 bits per heavy atom. The molecule has 1 heterocycles. The van der Waals surface area contributed by atoms with Crippen molar-refractivity contribution in [1.82, 2.24) is 0 Å². The first-order valence-electron chi connectivity index (χ1n) is 7.83. The van der Waals surface area contributed by atoms with Crippen molar-refractivity contribution in [3.63, 3.8) is 0 Å². The number of hydrogen-bond donors (Lipinski definition) is 1. The molecule has 0 atom stereocenters. The highest BCUT2D eigenvalue weighted by molar-refractivity contribution is 5.71. The largest absolute Gasteiger partial charge is 0.514 e. The van der Waals surface area contributed by atoms with Crippen LogP contribution in [0.1, 0.15) is 5.56 Å². The van der Waals surface area contributed by atoms with Crippen molar-refractivity contribution in [3.8, 4) is 5.75 Å². The number of rotatable bonds is 4. The summed E-state index contributed by atoms with van der Waals surface area (Å²) in [7, 11) is 0. The van der Waals surface area contributed by atoms with Gasteiger partial charge in [0.05, 0.1) is 18.9 Å². The zero-order chi connectivity index (χ0) is 16.8. The summed E-state index contributed by atoms with van der Waals surface area (Å²) < 4.78 is 15.9. The van der Waals surface area contributed by atoms with Crippen molar-refractivity contribution in [1.29, 1.82) is 0 Å². The van der Waals surface area contributed by atoms with Gasteiger partial charge in [0.25, 0.3) is 0 Å². The van der Waals surface area contributed by atoms with Crippen LogP contribution in [0, 0.1) is 0 Å². The first-order chi connectivity index (χ1) is 11.7. The van der Waals surface area contributed by atoms with E-state index in [1.807, 2.05) is 36.4 Å². The SMILES string of the molecule is Nc1ccc(N2CCOCC2)c(OC(=O)OCc2ccccc2)c1. The lowest BCUT2D eigenvalue weighted by molar-refractivity contribution is 0.0925. The molecule has 3 rings (SSSR count). The molecule has 0 aromatic heterocycles. The molecule has 0 amide bonds. The quantitative estimate of drug-likeness (QED) is 0.528. The molecule has 24 heavy (non-hydrogen) atoms. The van der Waals surface area contributed by atoms with E-state index in [-0.39, 0.29) is 6.61 Å². The highest BCUT2D eigenvalue weighted by Gasteiger charge is 2.18. The van der Waals surface area contributed by atoms with E-state index in [0.29, 0.717) is 24.7 Å². The summed E-state index contributed by atoms with van der Waals surface area (Å²) >= 11 is 0. The van der Waals surface area contributed by atoms with Gasteiger partial charge in [-0.3, -0.25) is 0 Å². The van der Waals surface area contributed by atoms with Crippen molar-refractivity contribution in [2.45, 2.75) is 6.61 Å². The lowest BCUT2D eigenvalue weighted by Crippen LogP contribution is -2.36. The number of hydrogen-bond acceptors (Lipinski definition) is 6. The highest BCUT2D eigenvalue weighted by atomic mass is 16.7. The Morgan fingerprint density at radius 2 is 1.88 bits per heavy atom. The number of nitrogen functional groups attached to an aromatic ring is 1. The first kappa shape index (κ1) is 16.1. The van der Waals surface area contributed by atoms with Crippen molar-refractivity contribution in [3.05, 3.63) is 54.1 Å². The molecule has 1 aliphatic rings. The van der Waals surface area contributed by atoms with Gasteiger partial charge >= 0.3 is 6.16 Å². The van der Waals surface area contributed by atoms with E-state index in [1.165, 1.54) is 0 Å². The number of morpholine rings is 1. The molecule has 6 nitrogen and oxygen atoms in total. The molecule has 2 aromatic carbocycles. The molecular formula is C18H20N2O4. The maximum absolute atomic E-state index is 12.0. The van der Waals surface area contributed by atoms with Gasteiger partial charge in [0.2, 0.25) is 0 Å². The molecule has 1 saturated heterocycles. The number of benzene rings is 2. The normalized spacial score (nSPS) is 14.2. The van der Waals surface area contributed by atoms with Gasteiger partial charge in [0.1, 0.15) is 6.61 Å². The molecule has 0 spiro atoms. The third kappa shape index (κ3) is 4.17. The van der Waals surface area contributed by atoms with Crippen LogP contribution in [0.3, 0.4) is 0 Å². The van der Waals surface area contributed by atoms with E-state index in [0.717, 1.165) is 24.3 Å². The smallest absolute Gasteiger partial charge is 0.429 e. The fraction of sp³-hybridized carbons (Fsp3) is 0.278. The predicted octanol–water partition coefficient (Wildman–Crippen LogP) is 2.82. The molecule has 0 radical (unpaired) electrons. The molecule has 0 aliphatic carbocycles. The molecule has 1 fully saturated rings. The summed E-state index contributed by atoms with van der Waals surface area (Å²) in [5.41, 5.74) is 8.06. The fourth-order valence-corrected chi connectivity index (χ4v) is 2.51. The molecule has 0 bridgehead atoms. The number of anilines is 2. The van der Waals surface area contributed by atoms with Crippen LogP contribution in [0.5, 0.6) is 5.75 Å². The second kappa shape index (κ2) is 7.70. The second-order valence-electron chi connectivity index (χ2n) is 5.45. The minimum Gasteiger partial charge on any atom is -0.429 e. The van der Waals surface area contributed by atoms with Gasteiger partial charge in [-0.05, 0) is 17.7 Å². The maximum Gasteiger partial charge on any atom is 0.514 e. The molecule has 0 saturated carbocycles. The molecule has 1 aliphatic heterocycles. The van der Waals surface area contributed by atoms with E-state index in [2.05, 4.69) is 4.90 Å². The average Bonchev–Trinajstić information content (AvgIpc) is 2.62. The Balaban J connectivity index is 1.66. The number of carbonyl (C=O) groups excluding carboxylic acids is 1. The molecule has 126 valence electrons. The zero-order valence-electron chi connectivity index (χ0n) is 13.3. The van der Waals surface area contributed by atoms with Crippen LogP contribution in [-0.4, -0.2) is 32.5 Å². The third-order valence-electron chi connectivity index (χ3n) is 3.73. The minimum atomic E-state index is -0.751. The molecule has 2 aromatic rings. The van der Waals surface area contributed by atoms with Crippen molar-refractivity contribution >= 4 is 17.5 Å². The van der Waals surface area contributed by atoms with Crippen molar-refractivity contribution in [2.75, 3.05) is 36.9 Å². The summed E-state index contributed by atoms with van der Waals surface area (Å²) in [4.78, 5) is 14.1. The average molecular weight is 328 g/mol. The minimum absolute atomic E-state index is 0.162. The monoisotopic (exact) mass is 328 g/mol. The van der Waals surface area contributed by atoms with Gasteiger partial charge < -0.3 is 24.8 Å². The Morgan fingerprint density at radius 3 is 2.62 bits per heavy atom. The zero-order valence-corrected chi connectivity index (χ0v) is 13.3. The topological polar surface area (TPSA) is 74.0 Å². The number of nitrogens with zero attached hydrogens (tertiary/aromatic N) is 1. The first-order valence-corrected chi connectivity index (χ1v) is 7.83. The Hall–Kier alpha value is -2.73. The van der Waals surface area contributed by atoms with E-state index in [1.54, 1.807) is 12.1 Å². The summed E-state index contributed by atoms with van der Waals surface area (Å²) in [6.45, 7) is 2.91. The van der Waals surface area contributed by atoms with Gasteiger partial charge in [0, 0.05) is 24.8 Å². The van der Waals surface area contributed by atoms with Gasteiger partial charge in [-0.2, -0.15) is 0 Å². The summed E-state index contributed by atoms with van der Waals surface area (Å²) in [6, 6.07) is 14.7.